The Labute approximate surface area is 77.3 Å². The molecule has 13 heavy (non-hydrogen) atoms. The molecule has 0 aliphatic rings. The van der Waals surface area contributed by atoms with Crippen LogP contribution in [0.5, 0.6) is 0 Å². The van der Waals surface area contributed by atoms with Gasteiger partial charge in [0.2, 0.25) is 5.91 Å². The highest BCUT2D eigenvalue weighted by Crippen LogP contribution is 2.15. The number of carbonyl (C=O) groups is 2. The number of amides is 1. The van der Waals surface area contributed by atoms with Gasteiger partial charge in [0.05, 0.1) is 5.92 Å². The Hall–Kier alpha value is -1.10. The minimum atomic E-state index is -0.862. The van der Waals surface area contributed by atoms with Crippen molar-refractivity contribution in [1.29, 1.82) is 0 Å². The molecule has 5 nitrogen and oxygen atoms in total. The number of rotatable bonds is 5. The fourth-order valence-electron chi connectivity index (χ4n) is 1.12. The van der Waals surface area contributed by atoms with Gasteiger partial charge in [-0.25, -0.2) is 5.84 Å². The van der Waals surface area contributed by atoms with Crippen LogP contribution in [-0.2, 0) is 9.59 Å². The maximum Gasteiger partial charge on any atom is 0.306 e. The first-order valence-electron chi connectivity index (χ1n) is 4.26. The molecule has 0 aliphatic heterocycles. The van der Waals surface area contributed by atoms with E-state index in [0.29, 0.717) is 12.8 Å². The molecule has 0 aliphatic carbocycles. The molecule has 0 aromatic heterocycles. The van der Waals surface area contributed by atoms with E-state index in [-0.39, 0.29) is 11.8 Å². The first-order chi connectivity index (χ1) is 6.02. The largest absolute Gasteiger partial charge is 0.481 e. The van der Waals surface area contributed by atoms with E-state index >= 15 is 0 Å². The average molecular weight is 188 g/mol. The molecule has 1 amide bonds. The number of nitrogens with one attached hydrogen (secondary N) is 1. The van der Waals surface area contributed by atoms with E-state index in [1.54, 1.807) is 13.8 Å². The molecule has 0 rings (SSSR count). The molecule has 0 aromatic rings. The highest BCUT2D eigenvalue weighted by Gasteiger charge is 2.21. The molecular formula is C8H16N2O3. The Morgan fingerprint density at radius 1 is 1.54 bits per heavy atom. The van der Waals surface area contributed by atoms with Crippen LogP contribution in [0.2, 0.25) is 0 Å². The molecule has 0 saturated carbocycles. The van der Waals surface area contributed by atoms with Gasteiger partial charge in [0, 0.05) is 5.92 Å². The van der Waals surface area contributed by atoms with Crippen molar-refractivity contribution in [2.45, 2.75) is 26.7 Å². The lowest BCUT2D eigenvalue weighted by Gasteiger charge is -2.14. The number of carboxylic acid groups (broad SMARTS) is 1. The maximum atomic E-state index is 11.0. The summed E-state index contributed by atoms with van der Waals surface area (Å²) in [6.45, 7) is 3.44. The first-order valence-corrected chi connectivity index (χ1v) is 4.26. The van der Waals surface area contributed by atoms with Crippen LogP contribution in [0.4, 0.5) is 0 Å². The van der Waals surface area contributed by atoms with Crippen molar-refractivity contribution >= 4 is 11.9 Å². The van der Waals surface area contributed by atoms with E-state index in [4.69, 9.17) is 10.9 Å². The zero-order chi connectivity index (χ0) is 10.4. The van der Waals surface area contributed by atoms with Gasteiger partial charge in [-0.1, -0.05) is 13.8 Å². The second kappa shape index (κ2) is 5.53. The fraction of sp³-hybridized carbons (Fsp3) is 0.750. The normalized spacial score (nSPS) is 14.7. The Kier molecular flexibility index (Phi) is 5.06. The molecule has 2 atom stereocenters. The van der Waals surface area contributed by atoms with E-state index in [1.807, 2.05) is 5.43 Å². The quantitative estimate of drug-likeness (QED) is 0.324. The van der Waals surface area contributed by atoms with E-state index < -0.39 is 11.9 Å². The molecule has 0 fully saturated rings. The summed E-state index contributed by atoms with van der Waals surface area (Å²) in [4.78, 5) is 21.6. The van der Waals surface area contributed by atoms with Crippen molar-refractivity contribution in [3.05, 3.63) is 0 Å². The van der Waals surface area contributed by atoms with Gasteiger partial charge in [0.15, 0.2) is 0 Å². The smallest absolute Gasteiger partial charge is 0.306 e. The van der Waals surface area contributed by atoms with Crippen molar-refractivity contribution < 1.29 is 14.7 Å². The molecule has 0 spiro atoms. The lowest BCUT2D eigenvalue weighted by molar-refractivity contribution is -0.142. The van der Waals surface area contributed by atoms with Crippen molar-refractivity contribution in [3.63, 3.8) is 0 Å². The van der Waals surface area contributed by atoms with Gasteiger partial charge in [-0.3, -0.25) is 15.0 Å². The van der Waals surface area contributed by atoms with E-state index in [2.05, 4.69) is 0 Å². The minimum absolute atomic E-state index is 0.320. The molecule has 76 valence electrons. The van der Waals surface area contributed by atoms with Crippen molar-refractivity contribution in [2.24, 2.45) is 17.7 Å². The molecule has 4 N–H and O–H groups in total. The summed E-state index contributed by atoms with van der Waals surface area (Å²) >= 11 is 0. The summed E-state index contributed by atoms with van der Waals surface area (Å²) in [5, 5.41) is 8.71. The van der Waals surface area contributed by atoms with Gasteiger partial charge in [0.1, 0.15) is 0 Å². The topological polar surface area (TPSA) is 92.4 Å². The highest BCUT2D eigenvalue weighted by atomic mass is 16.4. The lowest BCUT2D eigenvalue weighted by Crippen LogP contribution is -2.36. The SMILES string of the molecule is CCC(CC(C)C(=O)NN)C(=O)O. The molecular weight excluding hydrogens is 172 g/mol. The summed E-state index contributed by atoms with van der Waals surface area (Å²) in [6.07, 6.45) is 0.854. The number of nitrogens with two attached hydrogens (primary N) is 1. The number of carbonyl (C=O) groups excluding carboxylic acids is 1. The molecule has 2 unspecified atom stereocenters. The summed E-state index contributed by atoms with van der Waals surface area (Å²) in [7, 11) is 0. The third-order valence-corrected chi connectivity index (χ3v) is 2.07. The third-order valence-electron chi connectivity index (χ3n) is 2.07. The standard InChI is InChI=1S/C8H16N2O3/c1-3-6(8(12)13)4-5(2)7(11)10-9/h5-6H,3-4,9H2,1-2H3,(H,10,11)(H,12,13). The Bertz CT molecular complexity index is 194. The predicted octanol–water partition coefficient (Wildman–Crippen LogP) is 0.113. The number of hydrogen-bond acceptors (Lipinski definition) is 3. The van der Waals surface area contributed by atoms with Crippen molar-refractivity contribution in [3.8, 4) is 0 Å². The van der Waals surface area contributed by atoms with Gasteiger partial charge >= 0.3 is 5.97 Å². The van der Waals surface area contributed by atoms with Crippen molar-refractivity contribution in [1.82, 2.24) is 5.43 Å². The van der Waals surface area contributed by atoms with Crippen LogP contribution in [0.3, 0.4) is 0 Å². The molecule has 5 heteroatoms. The van der Waals surface area contributed by atoms with Crippen LogP contribution in [0.25, 0.3) is 0 Å². The molecule has 0 saturated heterocycles. The Morgan fingerprint density at radius 2 is 2.08 bits per heavy atom. The van der Waals surface area contributed by atoms with Crippen LogP contribution in [0, 0.1) is 11.8 Å². The second-order valence-electron chi connectivity index (χ2n) is 3.09. The maximum absolute atomic E-state index is 11.0. The number of hydrogen-bond donors (Lipinski definition) is 3. The predicted molar refractivity (Wildman–Crippen MR) is 47.5 cm³/mol. The third kappa shape index (κ3) is 3.89. The van der Waals surface area contributed by atoms with Gasteiger partial charge in [0.25, 0.3) is 0 Å². The summed E-state index contributed by atoms with van der Waals surface area (Å²) in [5.74, 6) is 2.92. The van der Waals surface area contributed by atoms with Crippen molar-refractivity contribution in [2.75, 3.05) is 0 Å². The molecule has 0 bridgehead atoms. The Morgan fingerprint density at radius 3 is 2.38 bits per heavy atom. The highest BCUT2D eigenvalue weighted by molar-refractivity contribution is 5.78. The monoisotopic (exact) mass is 188 g/mol. The molecule has 0 heterocycles. The first kappa shape index (κ1) is 11.9. The number of carboxylic acids is 1. The minimum Gasteiger partial charge on any atom is -0.481 e. The van der Waals surface area contributed by atoms with Gasteiger partial charge in [-0.15, -0.1) is 0 Å². The van der Waals surface area contributed by atoms with Crippen LogP contribution < -0.4 is 11.3 Å². The summed E-state index contributed by atoms with van der Waals surface area (Å²) < 4.78 is 0. The van der Waals surface area contributed by atoms with Crippen LogP contribution >= 0.6 is 0 Å². The molecule has 0 radical (unpaired) electrons. The average Bonchev–Trinajstić information content (AvgIpc) is 2.11. The van der Waals surface area contributed by atoms with Gasteiger partial charge in [-0.2, -0.15) is 0 Å². The van der Waals surface area contributed by atoms with E-state index in [1.165, 1.54) is 0 Å². The van der Waals surface area contributed by atoms with Gasteiger partial charge in [-0.05, 0) is 12.8 Å². The number of aliphatic carboxylic acids is 1. The van der Waals surface area contributed by atoms with Gasteiger partial charge < -0.3 is 5.11 Å². The number of hydrazine groups is 1. The fourth-order valence-corrected chi connectivity index (χ4v) is 1.12. The second-order valence-corrected chi connectivity index (χ2v) is 3.09. The molecule has 0 aromatic carbocycles. The summed E-state index contributed by atoms with van der Waals surface area (Å²) in [6, 6.07) is 0. The zero-order valence-electron chi connectivity index (χ0n) is 7.91. The van der Waals surface area contributed by atoms with E-state index in [0.717, 1.165) is 0 Å². The summed E-state index contributed by atoms with van der Waals surface area (Å²) in [5.41, 5.74) is 2.00. The Balaban J connectivity index is 4.08. The lowest BCUT2D eigenvalue weighted by atomic mass is 9.93. The van der Waals surface area contributed by atoms with E-state index in [9.17, 15) is 9.59 Å². The van der Waals surface area contributed by atoms with Crippen LogP contribution in [-0.4, -0.2) is 17.0 Å². The van der Waals surface area contributed by atoms with Crippen LogP contribution in [0.1, 0.15) is 26.7 Å². The zero-order valence-corrected chi connectivity index (χ0v) is 7.91. The van der Waals surface area contributed by atoms with Crippen LogP contribution in [0.15, 0.2) is 0 Å².